The van der Waals surface area contributed by atoms with Crippen LogP contribution in [0.3, 0.4) is 0 Å². The van der Waals surface area contributed by atoms with Gasteiger partial charge in [-0.15, -0.1) is 0 Å². The van der Waals surface area contributed by atoms with Gasteiger partial charge < -0.3 is 19.9 Å². The van der Waals surface area contributed by atoms with Gasteiger partial charge in [-0.25, -0.2) is 0 Å². The van der Waals surface area contributed by atoms with Crippen molar-refractivity contribution in [2.24, 2.45) is 5.73 Å². The fourth-order valence-electron chi connectivity index (χ4n) is 1.95. The quantitative estimate of drug-likeness (QED) is 0.847. The zero-order valence-corrected chi connectivity index (χ0v) is 10.6. The zero-order chi connectivity index (χ0) is 12.5. The maximum Gasteiger partial charge on any atom is 0.164 e. The monoisotopic (exact) mass is 237 g/mol. The number of ether oxygens (including phenoxy) is 3. The van der Waals surface area contributed by atoms with Crippen LogP contribution in [0.1, 0.15) is 18.4 Å². The number of hydrogen-bond acceptors (Lipinski definition) is 4. The maximum absolute atomic E-state index is 6.14. The van der Waals surface area contributed by atoms with Crippen LogP contribution in [-0.2, 0) is 6.42 Å². The third kappa shape index (κ3) is 2.47. The highest BCUT2D eigenvalue weighted by molar-refractivity contribution is 5.51. The van der Waals surface area contributed by atoms with Crippen molar-refractivity contribution in [3.63, 3.8) is 0 Å². The van der Waals surface area contributed by atoms with E-state index in [2.05, 4.69) is 0 Å². The van der Waals surface area contributed by atoms with Gasteiger partial charge >= 0.3 is 0 Å². The first-order chi connectivity index (χ1) is 8.11. The molecule has 0 radical (unpaired) electrons. The lowest BCUT2D eigenvalue weighted by Gasteiger charge is -2.16. The molecular weight excluding hydrogens is 218 g/mol. The Morgan fingerprint density at radius 2 is 1.53 bits per heavy atom. The second-order valence-electron chi connectivity index (χ2n) is 4.56. The maximum atomic E-state index is 6.14. The van der Waals surface area contributed by atoms with Crippen molar-refractivity contribution in [2.45, 2.75) is 24.8 Å². The molecule has 0 spiro atoms. The highest BCUT2D eigenvalue weighted by Crippen LogP contribution is 2.41. The lowest BCUT2D eigenvalue weighted by atomic mass is 10.0. The first kappa shape index (κ1) is 12.0. The van der Waals surface area contributed by atoms with Crippen LogP contribution in [0, 0.1) is 0 Å². The van der Waals surface area contributed by atoms with Crippen molar-refractivity contribution in [1.82, 2.24) is 0 Å². The summed E-state index contributed by atoms with van der Waals surface area (Å²) >= 11 is 0. The predicted molar refractivity (Wildman–Crippen MR) is 66.0 cm³/mol. The molecular formula is C13H19NO3. The summed E-state index contributed by atoms with van der Waals surface area (Å²) in [5, 5.41) is 0. The van der Waals surface area contributed by atoms with E-state index in [4.69, 9.17) is 19.9 Å². The number of nitrogens with two attached hydrogens (primary N) is 1. The van der Waals surface area contributed by atoms with E-state index in [0.29, 0.717) is 11.5 Å². The molecule has 0 heterocycles. The first-order valence-electron chi connectivity index (χ1n) is 5.69. The van der Waals surface area contributed by atoms with E-state index < -0.39 is 0 Å². The Bertz CT molecular complexity index is 413. The summed E-state index contributed by atoms with van der Waals surface area (Å²) in [5.74, 6) is 2.20. The van der Waals surface area contributed by atoms with Gasteiger partial charge in [-0.3, -0.25) is 0 Å². The molecule has 1 aromatic rings. The van der Waals surface area contributed by atoms with Crippen LogP contribution < -0.4 is 19.9 Å². The lowest BCUT2D eigenvalue weighted by molar-refractivity contribution is 0.347. The van der Waals surface area contributed by atoms with Crippen LogP contribution in [0.25, 0.3) is 0 Å². The molecule has 0 atom stereocenters. The SMILES string of the molecule is COc1cc(OC)c(OC)cc1CC1(N)CC1. The molecule has 0 unspecified atom stereocenters. The van der Waals surface area contributed by atoms with Crippen LogP contribution in [0.2, 0.25) is 0 Å². The Balaban J connectivity index is 2.35. The minimum Gasteiger partial charge on any atom is -0.496 e. The van der Waals surface area contributed by atoms with Crippen molar-refractivity contribution < 1.29 is 14.2 Å². The fraction of sp³-hybridized carbons (Fsp3) is 0.538. The topological polar surface area (TPSA) is 53.7 Å². The molecule has 2 N–H and O–H groups in total. The molecule has 1 fully saturated rings. The molecule has 0 saturated heterocycles. The minimum absolute atomic E-state index is 0.0487. The van der Waals surface area contributed by atoms with Crippen molar-refractivity contribution >= 4 is 0 Å². The Labute approximate surface area is 102 Å². The lowest BCUT2D eigenvalue weighted by Crippen LogP contribution is -2.24. The van der Waals surface area contributed by atoms with E-state index in [9.17, 15) is 0 Å². The Kier molecular flexibility index (Phi) is 3.15. The van der Waals surface area contributed by atoms with Crippen molar-refractivity contribution in [2.75, 3.05) is 21.3 Å². The van der Waals surface area contributed by atoms with Crippen molar-refractivity contribution in [3.05, 3.63) is 17.7 Å². The van der Waals surface area contributed by atoms with E-state index in [-0.39, 0.29) is 5.54 Å². The van der Waals surface area contributed by atoms with Gasteiger partial charge in [0.2, 0.25) is 0 Å². The van der Waals surface area contributed by atoms with Gasteiger partial charge in [0.25, 0.3) is 0 Å². The Hall–Kier alpha value is -1.42. The molecule has 94 valence electrons. The van der Waals surface area contributed by atoms with Crippen LogP contribution in [0.5, 0.6) is 17.2 Å². The van der Waals surface area contributed by atoms with E-state index >= 15 is 0 Å². The van der Waals surface area contributed by atoms with Gasteiger partial charge in [-0.2, -0.15) is 0 Å². The van der Waals surface area contributed by atoms with E-state index in [1.54, 1.807) is 21.3 Å². The fourth-order valence-corrected chi connectivity index (χ4v) is 1.95. The summed E-state index contributed by atoms with van der Waals surface area (Å²) in [7, 11) is 4.90. The second-order valence-corrected chi connectivity index (χ2v) is 4.56. The number of benzene rings is 1. The minimum atomic E-state index is -0.0487. The summed E-state index contributed by atoms with van der Waals surface area (Å²) in [4.78, 5) is 0. The third-order valence-electron chi connectivity index (χ3n) is 3.22. The molecule has 0 amide bonds. The highest BCUT2D eigenvalue weighted by atomic mass is 16.5. The standard InChI is InChI=1S/C13H19NO3/c1-15-10-7-12(17-3)11(16-2)6-9(10)8-13(14)4-5-13/h6-7H,4-5,8,14H2,1-3H3. The third-order valence-corrected chi connectivity index (χ3v) is 3.22. The van der Waals surface area contributed by atoms with Crippen molar-refractivity contribution in [1.29, 1.82) is 0 Å². The van der Waals surface area contributed by atoms with Gasteiger partial charge in [0, 0.05) is 11.6 Å². The molecule has 1 aromatic carbocycles. The van der Waals surface area contributed by atoms with Crippen LogP contribution in [0.4, 0.5) is 0 Å². The number of hydrogen-bond donors (Lipinski definition) is 1. The molecule has 1 aliphatic rings. The largest absolute Gasteiger partial charge is 0.496 e. The summed E-state index contributed by atoms with van der Waals surface area (Å²) in [6, 6.07) is 3.80. The van der Waals surface area contributed by atoms with Crippen molar-refractivity contribution in [3.8, 4) is 17.2 Å². The Morgan fingerprint density at radius 3 is 2.00 bits per heavy atom. The number of methoxy groups -OCH3 is 3. The molecule has 4 nitrogen and oxygen atoms in total. The molecule has 0 aliphatic heterocycles. The van der Waals surface area contributed by atoms with Gasteiger partial charge in [0.15, 0.2) is 11.5 Å². The van der Waals surface area contributed by atoms with Gasteiger partial charge in [-0.05, 0) is 30.9 Å². The molecule has 1 aliphatic carbocycles. The van der Waals surface area contributed by atoms with E-state index in [1.807, 2.05) is 12.1 Å². The summed E-state index contributed by atoms with van der Waals surface area (Å²) in [6.07, 6.45) is 2.96. The molecule has 4 heteroatoms. The molecule has 1 saturated carbocycles. The van der Waals surface area contributed by atoms with E-state index in [1.165, 1.54) is 0 Å². The van der Waals surface area contributed by atoms with Crippen LogP contribution in [0.15, 0.2) is 12.1 Å². The van der Waals surface area contributed by atoms with Gasteiger partial charge in [0.1, 0.15) is 5.75 Å². The summed E-state index contributed by atoms with van der Waals surface area (Å²) < 4.78 is 15.9. The predicted octanol–water partition coefficient (Wildman–Crippen LogP) is 1.75. The van der Waals surface area contributed by atoms with Gasteiger partial charge in [0.05, 0.1) is 21.3 Å². The second kappa shape index (κ2) is 4.45. The average Bonchev–Trinajstić information content (AvgIpc) is 3.06. The zero-order valence-electron chi connectivity index (χ0n) is 10.6. The molecule has 0 aromatic heterocycles. The smallest absolute Gasteiger partial charge is 0.164 e. The summed E-state index contributed by atoms with van der Waals surface area (Å²) in [5.41, 5.74) is 7.16. The van der Waals surface area contributed by atoms with Crippen LogP contribution >= 0.6 is 0 Å². The molecule has 17 heavy (non-hydrogen) atoms. The molecule has 0 bridgehead atoms. The van der Waals surface area contributed by atoms with Crippen LogP contribution in [-0.4, -0.2) is 26.9 Å². The normalized spacial score (nSPS) is 16.5. The summed E-state index contributed by atoms with van der Waals surface area (Å²) in [6.45, 7) is 0. The molecule has 2 rings (SSSR count). The van der Waals surface area contributed by atoms with E-state index in [0.717, 1.165) is 30.6 Å². The highest BCUT2D eigenvalue weighted by Gasteiger charge is 2.39. The number of rotatable bonds is 5. The Morgan fingerprint density at radius 1 is 1.00 bits per heavy atom. The first-order valence-corrected chi connectivity index (χ1v) is 5.69. The van der Waals surface area contributed by atoms with Gasteiger partial charge in [-0.1, -0.05) is 0 Å². The average molecular weight is 237 g/mol.